The molecule has 0 saturated heterocycles. The molecule has 1 amide bonds. The van der Waals surface area contributed by atoms with Crippen LogP contribution in [0, 0.1) is 10.1 Å². The highest BCUT2D eigenvalue weighted by atomic mass is 32.2. The topological polar surface area (TPSA) is 156 Å². The standard InChI is InChI=1S/C23H20N2O8S/c1-33-21-10-6-17(7-11-21)23(27)24-19-8-4-15(18(12-19)14-26)2-3-16-5-9-20(25(28)29)13-22(16)34(30,31)32/h2-13,26H,14H2,1H3,(H,24,27)(H,30,31,32)/b3-2+. The molecule has 0 heterocycles. The number of nitrogens with one attached hydrogen (secondary N) is 1. The fourth-order valence-electron chi connectivity index (χ4n) is 3.11. The number of nitro benzene ring substituents is 1. The van der Waals surface area contributed by atoms with Crippen molar-refractivity contribution >= 4 is 39.6 Å². The number of benzene rings is 3. The zero-order chi connectivity index (χ0) is 24.9. The lowest BCUT2D eigenvalue weighted by Crippen LogP contribution is -2.12. The van der Waals surface area contributed by atoms with Crippen molar-refractivity contribution in [2.24, 2.45) is 0 Å². The van der Waals surface area contributed by atoms with Crippen LogP contribution < -0.4 is 10.1 Å². The summed E-state index contributed by atoms with van der Waals surface area (Å²) in [4.78, 5) is 22.0. The normalized spacial score (nSPS) is 11.4. The molecule has 10 nitrogen and oxygen atoms in total. The van der Waals surface area contributed by atoms with Crippen molar-refractivity contribution < 1.29 is 32.5 Å². The number of hydrogen-bond donors (Lipinski definition) is 3. The number of carbonyl (C=O) groups excluding carboxylic acids is 1. The zero-order valence-electron chi connectivity index (χ0n) is 17.8. The van der Waals surface area contributed by atoms with Crippen LogP contribution in [0.4, 0.5) is 11.4 Å². The van der Waals surface area contributed by atoms with Crippen LogP contribution in [0.1, 0.15) is 27.0 Å². The summed E-state index contributed by atoms with van der Waals surface area (Å²) in [5.41, 5.74) is 1.30. The lowest BCUT2D eigenvalue weighted by molar-refractivity contribution is -0.385. The Morgan fingerprint density at radius 3 is 2.29 bits per heavy atom. The third-order valence-electron chi connectivity index (χ3n) is 4.85. The quantitative estimate of drug-likeness (QED) is 0.189. The van der Waals surface area contributed by atoms with Crippen molar-refractivity contribution in [3.63, 3.8) is 0 Å². The van der Waals surface area contributed by atoms with E-state index in [4.69, 9.17) is 4.74 Å². The van der Waals surface area contributed by atoms with Gasteiger partial charge in [0.1, 0.15) is 10.6 Å². The van der Waals surface area contributed by atoms with Crippen LogP contribution in [0.25, 0.3) is 12.2 Å². The molecule has 0 aliphatic rings. The number of aliphatic hydroxyl groups excluding tert-OH is 1. The van der Waals surface area contributed by atoms with Gasteiger partial charge in [-0.25, -0.2) is 0 Å². The van der Waals surface area contributed by atoms with Crippen molar-refractivity contribution in [3.05, 3.63) is 93.0 Å². The molecule has 0 unspecified atom stereocenters. The van der Waals surface area contributed by atoms with E-state index >= 15 is 0 Å². The number of non-ortho nitro benzene ring substituents is 1. The first kappa shape index (κ1) is 24.6. The van der Waals surface area contributed by atoms with E-state index in [0.29, 0.717) is 28.1 Å². The number of nitro groups is 1. The van der Waals surface area contributed by atoms with Gasteiger partial charge in [-0.3, -0.25) is 19.5 Å². The number of hydrogen-bond acceptors (Lipinski definition) is 7. The molecule has 176 valence electrons. The maximum atomic E-state index is 12.5. The molecule has 0 spiro atoms. The van der Waals surface area contributed by atoms with E-state index in [1.165, 1.54) is 25.3 Å². The van der Waals surface area contributed by atoms with Crippen LogP contribution in [0.5, 0.6) is 5.75 Å². The summed E-state index contributed by atoms with van der Waals surface area (Å²) in [6, 6.07) is 14.3. The predicted octanol–water partition coefficient (Wildman–Crippen LogP) is 3.77. The highest BCUT2D eigenvalue weighted by molar-refractivity contribution is 7.86. The molecule has 3 rings (SSSR count). The van der Waals surface area contributed by atoms with Gasteiger partial charge in [-0.1, -0.05) is 18.2 Å². The number of methoxy groups -OCH3 is 1. The van der Waals surface area contributed by atoms with Gasteiger partial charge < -0.3 is 15.2 Å². The fourth-order valence-corrected chi connectivity index (χ4v) is 3.81. The Morgan fingerprint density at radius 1 is 1.06 bits per heavy atom. The van der Waals surface area contributed by atoms with Gasteiger partial charge in [0, 0.05) is 23.4 Å². The second-order valence-electron chi connectivity index (χ2n) is 7.04. The van der Waals surface area contributed by atoms with Crippen molar-refractivity contribution in [2.45, 2.75) is 11.5 Å². The third-order valence-corrected chi connectivity index (χ3v) is 5.76. The molecule has 0 aliphatic carbocycles. The Morgan fingerprint density at radius 2 is 1.71 bits per heavy atom. The molecular formula is C23H20N2O8S. The van der Waals surface area contributed by atoms with Crippen molar-refractivity contribution in [1.82, 2.24) is 0 Å². The van der Waals surface area contributed by atoms with Crippen LogP contribution in [-0.4, -0.2) is 36.0 Å². The smallest absolute Gasteiger partial charge is 0.295 e. The van der Waals surface area contributed by atoms with Gasteiger partial charge in [-0.05, 0) is 59.2 Å². The number of rotatable bonds is 8. The van der Waals surface area contributed by atoms with Crippen LogP contribution in [0.2, 0.25) is 0 Å². The first-order chi connectivity index (χ1) is 16.1. The molecule has 34 heavy (non-hydrogen) atoms. The summed E-state index contributed by atoms with van der Waals surface area (Å²) in [5, 5.41) is 23.4. The minimum absolute atomic E-state index is 0.0221. The van der Waals surface area contributed by atoms with Crippen molar-refractivity contribution in [3.8, 4) is 5.75 Å². The SMILES string of the molecule is COc1ccc(C(=O)Nc2ccc(/C=C/c3ccc([N+](=O)[O-])cc3S(=O)(=O)O)c(CO)c2)cc1. The Hall–Kier alpha value is -4.06. The largest absolute Gasteiger partial charge is 0.497 e. The lowest BCUT2D eigenvalue weighted by Gasteiger charge is -2.10. The van der Waals surface area contributed by atoms with Crippen molar-refractivity contribution in [1.29, 1.82) is 0 Å². The summed E-state index contributed by atoms with van der Waals surface area (Å²) in [6.07, 6.45) is 2.83. The van der Waals surface area contributed by atoms with E-state index in [2.05, 4.69) is 5.32 Å². The minimum Gasteiger partial charge on any atom is -0.497 e. The van der Waals surface area contributed by atoms with Gasteiger partial charge in [0.05, 0.1) is 18.6 Å². The van der Waals surface area contributed by atoms with Crippen LogP contribution >= 0.6 is 0 Å². The van der Waals surface area contributed by atoms with E-state index < -0.39 is 25.6 Å². The molecule has 0 aromatic heterocycles. The number of aliphatic hydroxyl groups is 1. The first-order valence-corrected chi connectivity index (χ1v) is 11.2. The summed E-state index contributed by atoms with van der Waals surface area (Å²) in [5.74, 6) is 0.249. The average molecular weight is 484 g/mol. The maximum absolute atomic E-state index is 12.5. The van der Waals surface area contributed by atoms with Crippen LogP contribution in [0.15, 0.2) is 65.6 Å². The lowest BCUT2D eigenvalue weighted by atomic mass is 10.0. The highest BCUT2D eigenvalue weighted by Crippen LogP contribution is 2.25. The molecule has 3 N–H and O–H groups in total. The molecule has 11 heteroatoms. The number of amides is 1. The maximum Gasteiger partial charge on any atom is 0.295 e. The summed E-state index contributed by atoms with van der Waals surface area (Å²) in [7, 11) is -3.20. The Kier molecular flexibility index (Phi) is 7.41. The Balaban J connectivity index is 1.86. The molecule has 0 saturated carbocycles. The van der Waals surface area contributed by atoms with Gasteiger partial charge in [-0.2, -0.15) is 8.42 Å². The molecule has 3 aromatic rings. The first-order valence-electron chi connectivity index (χ1n) is 9.75. The second-order valence-corrected chi connectivity index (χ2v) is 8.43. The van der Waals surface area contributed by atoms with Gasteiger partial charge in [0.25, 0.3) is 21.7 Å². The zero-order valence-corrected chi connectivity index (χ0v) is 18.7. The van der Waals surface area contributed by atoms with Crippen molar-refractivity contribution in [2.75, 3.05) is 12.4 Å². The summed E-state index contributed by atoms with van der Waals surface area (Å²) < 4.78 is 37.9. The monoisotopic (exact) mass is 484 g/mol. The molecule has 3 aromatic carbocycles. The minimum atomic E-state index is -4.72. The molecular weight excluding hydrogens is 464 g/mol. The number of ether oxygens (including phenoxy) is 1. The van der Waals surface area contributed by atoms with E-state index in [9.17, 15) is 33.0 Å². The Labute approximate surface area is 195 Å². The molecule has 0 radical (unpaired) electrons. The van der Waals surface area contributed by atoms with E-state index in [1.807, 2.05) is 0 Å². The van der Waals surface area contributed by atoms with Gasteiger partial charge in [0.2, 0.25) is 0 Å². The van der Waals surface area contributed by atoms with Crippen LogP contribution in [0.3, 0.4) is 0 Å². The third kappa shape index (κ3) is 5.84. The van der Waals surface area contributed by atoms with E-state index in [0.717, 1.165) is 12.1 Å². The predicted molar refractivity (Wildman–Crippen MR) is 125 cm³/mol. The summed E-state index contributed by atoms with van der Waals surface area (Å²) in [6.45, 7) is -0.378. The number of nitrogens with zero attached hydrogens (tertiary/aromatic N) is 1. The van der Waals surface area contributed by atoms with Gasteiger partial charge in [0.15, 0.2) is 0 Å². The van der Waals surface area contributed by atoms with E-state index in [-0.39, 0.29) is 18.1 Å². The highest BCUT2D eigenvalue weighted by Gasteiger charge is 2.19. The molecule has 0 bridgehead atoms. The molecule has 0 aliphatic heterocycles. The molecule has 0 fully saturated rings. The average Bonchev–Trinajstić information content (AvgIpc) is 2.82. The number of anilines is 1. The van der Waals surface area contributed by atoms with Gasteiger partial charge >= 0.3 is 0 Å². The van der Waals surface area contributed by atoms with Gasteiger partial charge in [-0.15, -0.1) is 0 Å². The summed E-state index contributed by atoms with van der Waals surface area (Å²) >= 11 is 0. The molecule has 0 atom stereocenters. The van der Waals surface area contributed by atoms with E-state index in [1.54, 1.807) is 42.5 Å². The Bertz CT molecular complexity index is 1370. The number of carbonyl (C=O) groups is 1. The fraction of sp³-hybridized carbons (Fsp3) is 0.0870. The second kappa shape index (κ2) is 10.3. The van der Waals surface area contributed by atoms with Crippen LogP contribution in [-0.2, 0) is 16.7 Å².